The average Bonchev–Trinajstić information content (AvgIpc) is 2.79. The first-order chi connectivity index (χ1) is 12.3. The number of rotatable bonds is 6. The predicted octanol–water partition coefficient (Wildman–Crippen LogP) is 2.43. The van der Waals surface area contributed by atoms with Gasteiger partial charge in [0.1, 0.15) is 6.04 Å². The van der Waals surface area contributed by atoms with Crippen LogP contribution in [0.15, 0.2) is 29.2 Å². The van der Waals surface area contributed by atoms with Crippen molar-refractivity contribution in [2.75, 3.05) is 13.1 Å². The predicted molar refractivity (Wildman–Crippen MR) is 100 cm³/mol. The molecule has 1 radical (unpaired) electrons. The second kappa shape index (κ2) is 8.97. The molecule has 2 atom stereocenters. The summed E-state index contributed by atoms with van der Waals surface area (Å²) < 4.78 is 27.2. The van der Waals surface area contributed by atoms with Crippen molar-refractivity contribution < 1.29 is 18.0 Å². The second-order valence-electron chi connectivity index (χ2n) is 6.55. The van der Waals surface area contributed by atoms with Gasteiger partial charge < -0.3 is 5.32 Å². The number of nitrogens with zero attached hydrogens (tertiary/aromatic N) is 1. The third-order valence-electron chi connectivity index (χ3n) is 4.40. The first kappa shape index (κ1) is 20.9. The molecule has 1 saturated heterocycles. The van der Waals surface area contributed by atoms with Crippen molar-refractivity contribution in [1.29, 1.82) is 0 Å². The van der Waals surface area contributed by atoms with Gasteiger partial charge in [0.05, 0.1) is 11.4 Å². The molecule has 1 aliphatic heterocycles. The lowest BCUT2D eigenvalue weighted by Crippen LogP contribution is -2.49. The largest absolute Gasteiger partial charge is 0.310 e. The molecule has 0 bridgehead atoms. The highest BCUT2D eigenvalue weighted by Crippen LogP contribution is 2.26. The Balaban J connectivity index is 2.48. The maximum atomic E-state index is 13.2. The van der Waals surface area contributed by atoms with Gasteiger partial charge in [-0.1, -0.05) is 37.9 Å². The molecule has 0 saturated carbocycles. The number of Topliss-reactive ketones (excluding diaryl/α,β-unsaturated/α-hetero) is 1. The Hall–Kier alpha value is -1.44. The molecule has 143 valence electrons. The van der Waals surface area contributed by atoms with Crippen molar-refractivity contribution in [3.63, 3.8) is 0 Å². The van der Waals surface area contributed by atoms with Crippen molar-refractivity contribution in [1.82, 2.24) is 9.62 Å². The van der Waals surface area contributed by atoms with E-state index in [1.165, 1.54) is 18.2 Å². The molecule has 2 rings (SSSR count). The summed E-state index contributed by atoms with van der Waals surface area (Å²) in [6, 6.07) is 4.73. The maximum absolute atomic E-state index is 13.2. The molecule has 1 aromatic carbocycles. The highest BCUT2D eigenvalue weighted by atomic mass is 35.5. The molecule has 0 aromatic heterocycles. The maximum Gasteiger partial charge on any atom is 0.267 e. The highest BCUT2D eigenvalue weighted by Gasteiger charge is 2.39. The van der Waals surface area contributed by atoms with Crippen LogP contribution in [0.2, 0.25) is 5.02 Å². The minimum Gasteiger partial charge on any atom is -0.310 e. The summed E-state index contributed by atoms with van der Waals surface area (Å²) in [4.78, 5) is 25.3. The van der Waals surface area contributed by atoms with E-state index in [9.17, 15) is 18.0 Å². The smallest absolute Gasteiger partial charge is 0.267 e. The number of nitrogens with one attached hydrogen (secondary N) is 1. The minimum absolute atomic E-state index is 0.0144. The van der Waals surface area contributed by atoms with E-state index >= 15 is 0 Å². The second-order valence-corrected chi connectivity index (χ2v) is 8.80. The van der Waals surface area contributed by atoms with Crippen LogP contribution in [0.3, 0.4) is 0 Å². The summed E-state index contributed by atoms with van der Waals surface area (Å²) in [6.45, 7) is 6.24. The van der Waals surface area contributed by atoms with E-state index in [2.05, 4.69) is 12.2 Å². The van der Waals surface area contributed by atoms with E-state index in [0.29, 0.717) is 25.8 Å². The first-order valence-electron chi connectivity index (χ1n) is 8.63. The van der Waals surface area contributed by atoms with E-state index in [4.69, 9.17) is 11.6 Å². The van der Waals surface area contributed by atoms with Crippen LogP contribution in [0.25, 0.3) is 0 Å². The molecule has 8 heteroatoms. The molecular weight excluding hydrogens is 376 g/mol. The monoisotopic (exact) mass is 399 g/mol. The third kappa shape index (κ3) is 4.84. The molecule has 1 aromatic rings. The van der Waals surface area contributed by atoms with E-state index in [1.54, 1.807) is 6.07 Å². The lowest BCUT2D eigenvalue weighted by atomic mass is 10.0. The average molecular weight is 400 g/mol. The zero-order chi connectivity index (χ0) is 19.3. The van der Waals surface area contributed by atoms with Crippen LogP contribution in [-0.2, 0) is 19.6 Å². The SMILES string of the molecule is [CH2]C[C@H](C)CC(=O)N(C1CCCNCC1=O)S(=O)(=O)c1cccc(Cl)c1. The topological polar surface area (TPSA) is 83.6 Å². The zero-order valence-corrected chi connectivity index (χ0v) is 16.4. The van der Waals surface area contributed by atoms with Crippen LogP contribution in [0, 0.1) is 12.8 Å². The molecule has 1 aliphatic rings. The Morgan fingerprint density at radius 1 is 1.46 bits per heavy atom. The van der Waals surface area contributed by atoms with Crippen molar-refractivity contribution in [3.05, 3.63) is 36.2 Å². The van der Waals surface area contributed by atoms with E-state index in [1.807, 2.05) is 6.92 Å². The highest BCUT2D eigenvalue weighted by molar-refractivity contribution is 7.89. The Bertz CT molecular complexity index is 766. The van der Waals surface area contributed by atoms with Gasteiger partial charge in [-0.25, -0.2) is 12.7 Å². The molecule has 1 amide bonds. The van der Waals surface area contributed by atoms with Crippen LogP contribution >= 0.6 is 11.6 Å². The van der Waals surface area contributed by atoms with E-state index in [-0.39, 0.29) is 34.6 Å². The van der Waals surface area contributed by atoms with Crippen LogP contribution in [0.1, 0.15) is 32.6 Å². The van der Waals surface area contributed by atoms with E-state index in [0.717, 1.165) is 4.31 Å². The normalized spacial score (nSPS) is 19.7. The molecule has 0 aliphatic carbocycles. The molecule has 1 N–H and O–H groups in total. The van der Waals surface area contributed by atoms with Crippen molar-refractivity contribution >= 4 is 33.3 Å². The number of sulfonamides is 1. The Morgan fingerprint density at radius 3 is 2.85 bits per heavy atom. The number of carbonyl (C=O) groups is 2. The molecule has 1 heterocycles. The lowest BCUT2D eigenvalue weighted by Gasteiger charge is -2.30. The number of carbonyl (C=O) groups excluding carboxylic acids is 2. The summed E-state index contributed by atoms with van der Waals surface area (Å²) in [7, 11) is -4.20. The van der Waals surface area contributed by atoms with Crippen LogP contribution < -0.4 is 5.32 Å². The van der Waals surface area contributed by atoms with Crippen LogP contribution in [0.4, 0.5) is 0 Å². The Kier molecular flexibility index (Phi) is 7.20. The first-order valence-corrected chi connectivity index (χ1v) is 10.4. The molecule has 0 spiro atoms. The fourth-order valence-electron chi connectivity index (χ4n) is 2.87. The number of benzene rings is 1. The van der Waals surface area contributed by atoms with Gasteiger partial charge in [0, 0.05) is 11.4 Å². The summed E-state index contributed by atoms with van der Waals surface area (Å²) in [5.74, 6) is -0.969. The van der Waals surface area contributed by atoms with Gasteiger partial charge in [0.2, 0.25) is 5.91 Å². The quantitative estimate of drug-likeness (QED) is 0.794. The van der Waals surface area contributed by atoms with Crippen LogP contribution in [0.5, 0.6) is 0 Å². The zero-order valence-electron chi connectivity index (χ0n) is 14.8. The van der Waals surface area contributed by atoms with Crippen molar-refractivity contribution in [2.24, 2.45) is 5.92 Å². The number of halogens is 1. The molecular formula is C18H24ClN2O4S. The van der Waals surface area contributed by atoms with Gasteiger partial charge in [-0.15, -0.1) is 0 Å². The molecule has 26 heavy (non-hydrogen) atoms. The van der Waals surface area contributed by atoms with Gasteiger partial charge in [0.25, 0.3) is 10.0 Å². The summed E-state index contributed by atoms with van der Waals surface area (Å²) in [6.07, 6.45) is 1.42. The Morgan fingerprint density at radius 2 is 2.19 bits per heavy atom. The van der Waals surface area contributed by atoms with E-state index < -0.39 is 22.0 Å². The van der Waals surface area contributed by atoms with Crippen LogP contribution in [-0.4, -0.2) is 43.5 Å². The standard InChI is InChI=1S/C18H24ClN2O4S/c1-3-13(2)10-18(23)21(16-8-5-9-20-12-17(16)22)26(24,25)15-7-4-6-14(19)11-15/h4,6-7,11,13,16,20H,1,3,5,8-10,12H2,2H3/t13-,16?/m0/s1. The number of ketones is 1. The summed E-state index contributed by atoms with van der Waals surface area (Å²) in [5.41, 5.74) is 0. The fraction of sp³-hybridized carbons (Fsp3) is 0.500. The Labute approximate surface area is 160 Å². The summed E-state index contributed by atoms with van der Waals surface area (Å²) in [5, 5.41) is 3.21. The third-order valence-corrected chi connectivity index (χ3v) is 6.46. The van der Waals surface area contributed by atoms with Gasteiger partial charge in [-0.2, -0.15) is 0 Å². The number of hydrogen-bond donors (Lipinski definition) is 1. The molecule has 1 unspecified atom stereocenters. The van der Waals surface area contributed by atoms with Gasteiger partial charge in [0.15, 0.2) is 5.78 Å². The number of amides is 1. The molecule has 1 fully saturated rings. The van der Waals surface area contributed by atoms with Crippen molar-refractivity contribution in [3.8, 4) is 0 Å². The minimum atomic E-state index is -4.20. The number of hydrogen-bond acceptors (Lipinski definition) is 5. The lowest BCUT2D eigenvalue weighted by molar-refractivity contribution is -0.134. The van der Waals surface area contributed by atoms with Gasteiger partial charge >= 0.3 is 0 Å². The summed E-state index contributed by atoms with van der Waals surface area (Å²) >= 11 is 5.93. The van der Waals surface area contributed by atoms with Gasteiger partial charge in [-0.3, -0.25) is 9.59 Å². The molecule has 6 nitrogen and oxygen atoms in total. The van der Waals surface area contributed by atoms with Crippen molar-refractivity contribution in [2.45, 2.75) is 43.5 Å². The fourth-order valence-corrected chi connectivity index (χ4v) is 4.77. The van der Waals surface area contributed by atoms with Gasteiger partial charge in [-0.05, 0) is 43.5 Å².